The molecule has 0 heterocycles. The summed E-state index contributed by atoms with van der Waals surface area (Å²) >= 11 is 0. The van der Waals surface area contributed by atoms with Crippen molar-refractivity contribution in [3.8, 4) is 11.8 Å². The first-order chi connectivity index (χ1) is 10.2. The van der Waals surface area contributed by atoms with Crippen LogP contribution in [0.15, 0.2) is 48.5 Å². The van der Waals surface area contributed by atoms with Gasteiger partial charge in [-0.05, 0) is 35.9 Å². The van der Waals surface area contributed by atoms with Crippen LogP contribution in [0, 0.1) is 21.4 Å². The van der Waals surface area contributed by atoms with Crippen LogP contribution in [0.2, 0.25) is 0 Å². The number of ether oxygens (including phenoxy) is 1. The van der Waals surface area contributed by atoms with Crippen molar-refractivity contribution in [1.29, 1.82) is 5.26 Å². The summed E-state index contributed by atoms with van der Waals surface area (Å²) in [7, 11) is 1.54. The summed E-state index contributed by atoms with van der Waals surface area (Å²) in [6.07, 6.45) is 1.67. The Morgan fingerprint density at radius 1 is 1.24 bits per heavy atom. The highest BCUT2D eigenvalue weighted by atomic mass is 16.6. The smallest absolute Gasteiger partial charge is 0.269 e. The Balaban J connectivity index is 2.41. The fourth-order valence-corrected chi connectivity index (χ4v) is 1.90. The zero-order valence-corrected chi connectivity index (χ0v) is 11.3. The van der Waals surface area contributed by atoms with Gasteiger partial charge in [-0.15, -0.1) is 0 Å². The molecule has 0 spiro atoms. The molecule has 104 valence electrons. The quantitative estimate of drug-likeness (QED) is 0.370. The summed E-state index contributed by atoms with van der Waals surface area (Å²) in [5, 5.41) is 19.9. The van der Waals surface area contributed by atoms with Crippen molar-refractivity contribution in [2.75, 3.05) is 7.11 Å². The molecule has 0 unspecified atom stereocenters. The molecule has 0 saturated carbocycles. The molecule has 0 N–H and O–H groups in total. The Morgan fingerprint density at radius 2 is 1.90 bits per heavy atom. The summed E-state index contributed by atoms with van der Waals surface area (Å²) in [5.41, 5.74) is 1.84. The third-order valence-corrected chi connectivity index (χ3v) is 2.93. The summed E-state index contributed by atoms with van der Waals surface area (Å²) in [4.78, 5) is 10.2. The first-order valence-electron chi connectivity index (χ1n) is 6.15. The average Bonchev–Trinajstić information content (AvgIpc) is 2.53. The molecule has 0 aliphatic heterocycles. The van der Waals surface area contributed by atoms with E-state index in [1.807, 2.05) is 12.1 Å². The lowest BCUT2D eigenvalue weighted by Crippen LogP contribution is -1.90. The average molecular weight is 280 g/mol. The molecule has 0 aliphatic carbocycles. The van der Waals surface area contributed by atoms with Gasteiger partial charge < -0.3 is 4.74 Å². The topological polar surface area (TPSA) is 76.2 Å². The fourth-order valence-electron chi connectivity index (χ4n) is 1.90. The maximum Gasteiger partial charge on any atom is 0.269 e. The van der Waals surface area contributed by atoms with E-state index in [0.717, 1.165) is 0 Å². The van der Waals surface area contributed by atoms with E-state index in [-0.39, 0.29) is 5.69 Å². The van der Waals surface area contributed by atoms with Gasteiger partial charge in [0.1, 0.15) is 5.75 Å². The van der Waals surface area contributed by atoms with Gasteiger partial charge in [0.2, 0.25) is 0 Å². The van der Waals surface area contributed by atoms with Crippen LogP contribution in [-0.2, 0) is 0 Å². The molecule has 0 aliphatic rings. The number of benzene rings is 2. The molecule has 5 heteroatoms. The second kappa shape index (κ2) is 6.35. The van der Waals surface area contributed by atoms with Crippen molar-refractivity contribution in [3.63, 3.8) is 0 Å². The van der Waals surface area contributed by atoms with Gasteiger partial charge in [-0.1, -0.05) is 12.1 Å². The third kappa shape index (κ3) is 3.25. The molecule has 0 saturated heterocycles. The van der Waals surface area contributed by atoms with Crippen molar-refractivity contribution in [2.45, 2.75) is 0 Å². The monoisotopic (exact) mass is 280 g/mol. The number of nitro benzene ring substituents is 1. The molecule has 0 atom stereocenters. The number of hydrogen-bond donors (Lipinski definition) is 0. The van der Waals surface area contributed by atoms with E-state index in [1.54, 1.807) is 37.5 Å². The lowest BCUT2D eigenvalue weighted by Gasteiger charge is -2.06. The van der Waals surface area contributed by atoms with Crippen LogP contribution in [0.1, 0.15) is 11.1 Å². The van der Waals surface area contributed by atoms with Crippen molar-refractivity contribution in [1.82, 2.24) is 0 Å². The molecule has 2 aromatic rings. The Kier molecular flexibility index (Phi) is 4.32. The van der Waals surface area contributed by atoms with Crippen molar-refractivity contribution in [3.05, 3.63) is 69.8 Å². The summed E-state index contributed by atoms with van der Waals surface area (Å²) in [5.74, 6) is 0.604. The number of methoxy groups -OCH3 is 1. The first kappa shape index (κ1) is 14.3. The van der Waals surface area contributed by atoms with Crippen LogP contribution in [0.25, 0.3) is 11.6 Å². The summed E-state index contributed by atoms with van der Waals surface area (Å²) < 4.78 is 5.24. The molecular weight excluding hydrogens is 268 g/mol. The van der Waals surface area contributed by atoms with Gasteiger partial charge in [0.15, 0.2) is 0 Å². The maximum absolute atomic E-state index is 10.6. The van der Waals surface area contributed by atoms with Crippen LogP contribution in [0.5, 0.6) is 5.75 Å². The fraction of sp³-hybridized carbons (Fsp3) is 0.0625. The SMILES string of the molecule is COc1ccccc1C(C#N)=Cc1ccc([N+](=O)[O-])cc1. The normalized spacial score (nSPS) is 10.8. The van der Waals surface area contributed by atoms with Gasteiger partial charge in [-0.3, -0.25) is 10.1 Å². The highest BCUT2D eigenvalue weighted by molar-refractivity contribution is 5.91. The van der Waals surface area contributed by atoms with Crippen molar-refractivity contribution < 1.29 is 9.66 Å². The van der Waals surface area contributed by atoms with Crippen LogP contribution in [-0.4, -0.2) is 12.0 Å². The van der Waals surface area contributed by atoms with E-state index in [2.05, 4.69) is 6.07 Å². The van der Waals surface area contributed by atoms with Crippen LogP contribution < -0.4 is 4.74 Å². The largest absolute Gasteiger partial charge is 0.496 e. The molecule has 2 aromatic carbocycles. The molecule has 0 fully saturated rings. The minimum Gasteiger partial charge on any atom is -0.496 e. The van der Waals surface area contributed by atoms with Gasteiger partial charge in [0.25, 0.3) is 5.69 Å². The Bertz CT molecular complexity index is 728. The maximum atomic E-state index is 10.6. The number of rotatable bonds is 4. The number of nitrogens with zero attached hydrogens (tertiary/aromatic N) is 2. The Hall–Kier alpha value is -3.13. The molecule has 0 amide bonds. The van der Waals surface area contributed by atoms with Crippen LogP contribution in [0.4, 0.5) is 5.69 Å². The third-order valence-electron chi connectivity index (χ3n) is 2.93. The first-order valence-corrected chi connectivity index (χ1v) is 6.15. The highest BCUT2D eigenvalue weighted by Crippen LogP contribution is 2.27. The summed E-state index contributed by atoms with van der Waals surface area (Å²) in [6.45, 7) is 0. The molecule has 21 heavy (non-hydrogen) atoms. The highest BCUT2D eigenvalue weighted by Gasteiger charge is 2.08. The van der Waals surface area contributed by atoms with Crippen molar-refractivity contribution >= 4 is 17.3 Å². The lowest BCUT2D eigenvalue weighted by atomic mass is 10.0. The predicted molar refractivity (Wildman–Crippen MR) is 79.6 cm³/mol. The van der Waals surface area contributed by atoms with Crippen LogP contribution >= 0.6 is 0 Å². The number of nitro groups is 1. The zero-order valence-electron chi connectivity index (χ0n) is 11.3. The zero-order chi connectivity index (χ0) is 15.2. The number of non-ortho nitro benzene ring substituents is 1. The standard InChI is InChI=1S/C16H12N2O3/c1-21-16-5-3-2-4-15(16)13(11-17)10-12-6-8-14(9-7-12)18(19)20/h2-10H,1H3. The van der Waals surface area contributed by atoms with Gasteiger partial charge >= 0.3 is 0 Å². The minimum atomic E-state index is -0.459. The molecule has 2 rings (SSSR count). The molecule has 0 radical (unpaired) electrons. The lowest BCUT2D eigenvalue weighted by molar-refractivity contribution is -0.384. The van der Waals surface area contributed by atoms with Crippen LogP contribution in [0.3, 0.4) is 0 Å². The van der Waals surface area contributed by atoms with E-state index in [1.165, 1.54) is 12.1 Å². The minimum absolute atomic E-state index is 0.0166. The van der Waals surface area contributed by atoms with E-state index in [0.29, 0.717) is 22.4 Å². The van der Waals surface area contributed by atoms with Gasteiger partial charge in [0, 0.05) is 17.7 Å². The molecular formula is C16H12N2O3. The van der Waals surface area contributed by atoms with E-state index >= 15 is 0 Å². The number of para-hydroxylation sites is 1. The Morgan fingerprint density at radius 3 is 2.48 bits per heavy atom. The van der Waals surface area contributed by atoms with Gasteiger partial charge in [0.05, 0.1) is 23.7 Å². The molecule has 5 nitrogen and oxygen atoms in total. The van der Waals surface area contributed by atoms with Gasteiger partial charge in [-0.25, -0.2) is 0 Å². The van der Waals surface area contributed by atoms with E-state index < -0.39 is 4.92 Å². The second-order valence-electron chi connectivity index (χ2n) is 4.22. The number of nitriles is 1. The number of hydrogen-bond acceptors (Lipinski definition) is 4. The summed E-state index contributed by atoms with van der Waals surface area (Å²) in [6, 6.07) is 15.3. The van der Waals surface area contributed by atoms with Gasteiger partial charge in [-0.2, -0.15) is 5.26 Å². The predicted octanol–water partition coefficient (Wildman–Crippen LogP) is 3.67. The Labute approximate surface area is 121 Å². The van der Waals surface area contributed by atoms with Crippen molar-refractivity contribution in [2.24, 2.45) is 0 Å². The molecule has 0 bridgehead atoms. The van der Waals surface area contributed by atoms with E-state index in [4.69, 9.17) is 4.74 Å². The molecule has 0 aromatic heterocycles. The van der Waals surface area contributed by atoms with E-state index in [9.17, 15) is 15.4 Å². The number of allylic oxidation sites excluding steroid dienone is 1. The second-order valence-corrected chi connectivity index (χ2v) is 4.22.